The Kier molecular flexibility index (Phi) is 5.07. The summed E-state index contributed by atoms with van der Waals surface area (Å²) in [6.07, 6.45) is 4.19. The highest BCUT2D eigenvalue weighted by Crippen LogP contribution is 2.33. The fourth-order valence-corrected chi connectivity index (χ4v) is 4.64. The molecule has 2 aromatic heterocycles. The molecule has 0 atom stereocenters. The van der Waals surface area contributed by atoms with Crippen LogP contribution in [-0.4, -0.2) is 35.6 Å². The van der Waals surface area contributed by atoms with Crippen molar-refractivity contribution in [2.75, 3.05) is 12.9 Å². The molecule has 4 aromatic rings. The first-order valence-corrected chi connectivity index (χ1v) is 11.0. The molecule has 0 bridgehead atoms. The summed E-state index contributed by atoms with van der Waals surface area (Å²) in [6, 6.07) is 16.5. The average molecular weight is 407 g/mol. The molecule has 0 aliphatic rings. The Balaban J connectivity index is 1.86. The van der Waals surface area contributed by atoms with E-state index in [1.54, 1.807) is 25.4 Å². The highest BCUT2D eigenvalue weighted by Gasteiger charge is 2.18. The third-order valence-corrected chi connectivity index (χ3v) is 6.66. The highest BCUT2D eigenvalue weighted by molar-refractivity contribution is 7.91. The van der Waals surface area contributed by atoms with E-state index in [9.17, 15) is 8.42 Å². The SMILES string of the molecule is CCCS(=O)(=O)c1ccc(-c2c(-c3ccc(OC)cc3)nc3ncccn23)cc1. The molecule has 0 saturated carbocycles. The zero-order chi connectivity index (χ0) is 20.4. The fraction of sp³-hybridized carbons (Fsp3) is 0.182. The van der Waals surface area contributed by atoms with Crippen LogP contribution in [0.5, 0.6) is 5.75 Å². The Labute approximate surface area is 169 Å². The molecular formula is C22H21N3O3S. The van der Waals surface area contributed by atoms with Crippen LogP contribution in [0.15, 0.2) is 71.9 Å². The summed E-state index contributed by atoms with van der Waals surface area (Å²) >= 11 is 0. The normalized spacial score (nSPS) is 11.7. The van der Waals surface area contributed by atoms with E-state index in [2.05, 4.69) is 4.98 Å². The van der Waals surface area contributed by atoms with Crippen LogP contribution in [0.25, 0.3) is 28.3 Å². The van der Waals surface area contributed by atoms with Crippen LogP contribution in [-0.2, 0) is 9.84 Å². The second-order valence-electron chi connectivity index (χ2n) is 6.67. The number of sulfone groups is 1. The summed E-state index contributed by atoms with van der Waals surface area (Å²) in [5.41, 5.74) is 3.42. The molecule has 29 heavy (non-hydrogen) atoms. The predicted octanol–water partition coefficient (Wildman–Crippen LogP) is 4.26. The van der Waals surface area contributed by atoms with Gasteiger partial charge in [0, 0.05) is 23.5 Å². The number of hydrogen-bond donors (Lipinski definition) is 0. The molecule has 0 radical (unpaired) electrons. The largest absolute Gasteiger partial charge is 0.497 e. The van der Waals surface area contributed by atoms with Crippen molar-refractivity contribution in [1.29, 1.82) is 0 Å². The molecule has 0 aliphatic heterocycles. The second kappa shape index (κ2) is 7.67. The minimum absolute atomic E-state index is 0.142. The van der Waals surface area contributed by atoms with Crippen molar-refractivity contribution in [2.45, 2.75) is 18.2 Å². The first-order valence-electron chi connectivity index (χ1n) is 9.34. The molecule has 0 saturated heterocycles. The third-order valence-electron chi connectivity index (χ3n) is 4.73. The van der Waals surface area contributed by atoms with Crippen molar-refractivity contribution in [3.63, 3.8) is 0 Å². The highest BCUT2D eigenvalue weighted by atomic mass is 32.2. The molecule has 0 aliphatic carbocycles. The Morgan fingerprint density at radius 1 is 1.00 bits per heavy atom. The standard InChI is InChI=1S/C22H21N3O3S/c1-3-15-29(26,27)19-11-7-17(8-12-19)21-20(16-5-9-18(28-2)10-6-16)24-22-23-13-4-14-25(21)22/h4-14H,3,15H2,1-2H3. The molecule has 0 fully saturated rings. The van der Waals surface area contributed by atoms with Crippen LogP contribution in [0.4, 0.5) is 0 Å². The zero-order valence-electron chi connectivity index (χ0n) is 16.2. The molecule has 6 nitrogen and oxygen atoms in total. The summed E-state index contributed by atoms with van der Waals surface area (Å²) in [7, 11) is -1.63. The van der Waals surface area contributed by atoms with E-state index in [1.807, 2.05) is 60.0 Å². The number of methoxy groups -OCH3 is 1. The predicted molar refractivity (Wildman–Crippen MR) is 113 cm³/mol. The van der Waals surface area contributed by atoms with Crippen molar-refractivity contribution >= 4 is 15.6 Å². The van der Waals surface area contributed by atoms with Gasteiger partial charge < -0.3 is 4.74 Å². The van der Waals surface area contributed by atoms with Crippen LogP contribution in [0, 0.1) is 0 Å². The van der Waals surface area contributed by atoms with Gasteiger partial charge in [-0.3, -0.25) is 4.40 Å². The molecule has 2 heterocycles. The topological polar surface area (TPSA) is 73.6 Å². The Bertz CT molecular complexity index is 1240. The molecule has 7 heteroatoms. The number of hydrogen-bond acceptors (Lipinski definition) is 5. The number of fused-ring (bicyclic) bond motifs is 1. The van der Waals surface area contributed by atoms with Gasteiger partial charge in [0.15, 0.2) is 9.84 Å². The summed E-state index contributed by atoms with van der Waals surface area (Å²) in [4.78, 5) is 9.40. The van der Waals surface area contributed by atoms with Gasteiger partial charge in [-0.15, -0.1) is 0 Å². The molecular weight excluding hydrogens is 386 g/mol. The summed E-state index contributed by atoms with van der Waals surface area (Å²) in [6.45, 7) is 1.86. The molecule has 0 spiro atoms. The third kappa shape index (κ3) is 3.61. The zero-order valence-corrected chi connectivity index (χ0v) is 17.1. The van der Waals surface area contributed by atoms with E-state index in [-0.39, 0.29) is 5.75 Å². The van der Waals surface area contributed by atoms with Gasteiger partial charge in [0.05, 0.1) is 29.1 Å². The molecule has 0 N–H and O–H groups in total. The fourth-order valence-electron chi connectivity index (χ4n) is 3.32. The maximum atomic E-state index is 12.4. The van der Waals surface area contributed by atoms with Crippen LogP contribution >= 0.6 is 0 Å². The minimum atomic E-state index is -3.26. The first-order chi connectivity index (χ1) is 14.0. The number of imidazole rings is 1. The van der Waals surface area contributed by atoms with Crippen molar-refractivity contribution < 1.29 is 13.2 Å². The van der Waals surface area contributed by atoms with Crippen LogP contribution in [0.2, 0.25) is 0 Å². The summed E-state index contributed by atoms with van der Waals surface area (Å²) < 4.78 is 31.9. The van der Waals surface area contributed by atoms with E-state index in [1.165, 1.54) is 0 Å². The molecule has 0 amide bonds. The summed E-state index contributed by atoms with van der Waals surface area (Å²) in [5, 5.41) is 0. The van der Waals surface area contributed by atoms with Crippen molar-refractivity contribution in [1.82, 2.24) is 14.4 Å². The molecule has 4 rings (SSSR count). The maximum Gasteiger partial charge on any atom is 0.234 e. The lowest BCUT2D eigenvalue weighted by Gasteiger charge is -2.08. The smallest absolute Gasteiger partial charge is 0.234 e. The maximum absolute atomic E-state index is 12.4. The van der Waals surface area contributed by atoms with Crippen molar-refractivity contribution in [3.8, 4) is 28.3 Å². The lowest BCUT2D eigenvalue weighted by Crippen LogP contribution is -2.05. The van der Waals surface area contributed by atoms with Gasteiger partial charge >= 0.3 is 0 Å². The Hall–Kier alpha value is -3.19. The van der Waals surface area contributed by atoms with Crippen LogP contribution < -0.4 is 4.74 Å². The number of ether oxygens (including phenoxy) is 1. The number of aromatic nitrogens is 3. The van der Waals surface area contributed by atoms with E-state index in [4.69, 9.17) is 9.72 Å². The van der Waals surface area contributed by atoms with Crippen LogP contribution in [0.3, 0.4) is 0 Å². The molecule has 148 valence electrons. The average Bonchev–Trinajstić information content (AvgIpc) is 3.13. The van der Waals surface area contributed by atoms with Gasteiger partial charge in [-0.05, 0) is 48.9 Å². The number of benzene rings is 2. The Morgan fingerprint density at radius 2 is 1.69 bits per heavy atom. The Morgan fingerprint density at radius 3 is 2.34 bits per heavy atom. The van der Waals surface area contributed by atoms with Crippen molar-refractivity contribution in [2.24, 2.45) is 0 Å². The lowest BCUT2D eigenvalue weighted by molar-refractivity contribution is 0.415. The minimum Gasteiger partial charge on any atom is -0.497 e. The monoisotopic (exact) mass is 407 g/mol. The molecule has 0 unspecified atom stereocenters. The number of nitrogens with zero attached hydrogens (tertiary/aromatic N) is 3. The van der Waals surface area contributed by atoms with Gasteiger partial charge in [-0.1, -0.05) is 19.1 Å². The van der Waals surface area contributed by atoms with E-state index < -0.39 is 9.84 Å². The first kappa shape index (κ1) is 19.1. The van der Waals surface area contributed by atoms with Gasteiger partial charge in [-0.25, -0.2) is 18.4 Å². The van der Waals surface area contributed by atoms with Gasteiger partial charge in [0.25, 0.3) is 0 Å². The number of rotatable bonds is 6. The van der Waals surface area contributed by atoms with E-state index in [0.29, 0.717) is 17.1 Å². The second-order valence-corrected chi connectivity index (χ2v) is 8.78. The van der Waals surface area contributed by atoms with Crippen molar-refractivity contribution in [3.05, 3.63) is 67.0 Å². The van der Waals surface area contributed by atoms with Gasteiger partial charge in [0.2, 0.25) is 5.78 Å². The lowest BCUT2D eigenvalue weighted by atomic mass is 10.0. The van der Waals surface area contributed by atoms with E-state index in [0.717, 1.165) is 28.3 Å². The van der Waals surface area contributed by atoms with E-state index >= 15 is 0 Å². The van der Waals surface area contributed by atoms with Gasteiger partial charge in [-0.2, -0.15) is 0 Å². The summed E-state index contributed by atoms with van der Waals surface area (Å²) in [5.74, 6) is 1.49. The quantitative estimate of drug-likeness (QED) is 0.478. The van der Waals surface area contributed by atoms with Gasteiger partial charge in [0.1, 0.15) is 5.75 Å². The molecule has 2 aromatic carbocycles. The van der Waals surface area contributed by atoms with Crippen LogP contribution in [0.1, 0.15) is 13.3 Å².